The van der Waals surface area contributed by atoms with Gasteiger partial charge in [-0.05, 0) is 70.3 Å². The average Bonchev–Trinajstić information content (AvgIpc) is 2.75. The second kappa shape index (κ2) is 10.5. The Morgan fingerprint density at radius 1 is 0.941 bits per heavy atom. The zero-order valence-corrected chi connectivity index (χ0v) is 22.1. The van der Waals surface area contributed by atoms with E-state index < -0.39 is 22.9 Å². The lowest BCUT2D eigenvalue weighted by atomic mass is 9.71. The van der Waals surface area contributed by atoms with Gasteiger partial charge in [0, 0.05) is 18.2 Å². The second-order valence-corrected chi connectivity index (χ2v) is 11.7. The molecule has 0 heterocycles. The number of nitrogens with zero attached hydrogens (tertiary/aromatic N) is 1. The van der Waals surface area contributed by atoms with Crippen LogP contribution >= 0.6 is 0 Å². The zero-order valence-electron chi connectivity index (χ0n) is 22.1. The van der Waals surface area contributed by atoms with Crippen molar-refractivity contribution in [1.82, 2.24) is 4.90 Å². The molecule has 7 nitrogen and oxygen atoms in total. The first-order chi connectivity index (χ1) is 15.6. The fraction of sp³-hybridized carbons (Fsp3) is 0.667. The quantitative estimate of drug-likeness (QED) is 0.350. The molecule has 0 bridgehead atoms. The van der Waals surface area contributed by atoms with Crippen LogP contribution in [0.5, 0.6) is 0 Å². The number of Topliss-reactive ketones (excluding diaryl/α,β-unsaturated/α-hetero) is 1. The van der Waals surface area contributed by atoms with Gasteiger partial charge in [-0.15, -0.1) is 0 Å². The summed E-state index contributed by atoms with van der Waals surface area (Å²) in [6.45, 7) is 14.1. The van der Waals surface area contributed by atoms with E-state index in [4.69, 9.17) is 10.5 Å². The van der Waals surface area contributed by atoms with Crippen LogP contribution in [0.3, 0.4) is 0 Å². The summed E-state index contributed by atoms with van der Waals surface area (Å²) < 4.78 is 10.4. The lowest BCUT2D eigenvalue weighted by Crippen LogP contribution is -2.52. The molecule has 7 heteroatoms. The summed E-state index contributed by atoms with van der Waals surface area (Å²) in [7, 11) is 1.20. The van der Waals surface area contributed by atoms with Crippen molar-refractivity contribution in [2.24, 2.45) is 17.1 Å². The van der Waals surface area contributed by atoms with Gasteiger partial charge in [0.25, 0.3) is 0 Å². The number of carbonyl (C=O) groups is 3. The van der Waals surface area contributed by atoms with Crippen molar-refractivity contribution in [2.45, 2.75) is 97.9 Å². The first kappa shape index (κ1) is 27.8. The van der Waals surface area contributed by atoms with Crippen molar-refractivity contribution in [2.75, 3.05) is 7.11 Å². The predicted molar refractivity (Wildman–Crippen MR) is 132 cm³/mol. The Labute approximate surface area is 204 Å². The van der Waals surface area contributed by atoms with Crippen LogP contribution in [-0.2, 0) is 20.8 Å². The van der Waals surface area contributed by atoms with Crippen LogP contribution < -0.4 is 5.73 Å². The maximum atomic E-state index is 13.1. The smallest absolute Gasteiger partial charge is 0.410 e. The van der Waals surface area contributed by atoms with Crippen molar-refractivity contribution < 1.29 is 23.9 Å². The van der Waals surface area contributed by atoms with Gasteiger partial charge in [-0.2, -0.15) is 0 Å². The van der Waals surface area contributed by atoms with Gasteiger partial charge in [0.2, 0.25) is 0 Å². The Bertz CT molecular complexity index is 870. The number of methoxy groups -OCH3 is 1. The number of amides is 1. The standard InChI is InChI=1S/C27H42N2O5/c1-25(2,3)20-13-15-21(16-14-20)29(24(32)34-26(4,5)6)17-18-9-11-19(12-10-18)22(30)27(7,28)23(31)33-8/h9-12,20-21H,13-17,28H2,1-8H3. The van der Waals surface area contributed by atoms with Crippen LogP contribution in [0.25, 0.3) is 0 Å². The Hall–Kier alpha value is -2.41. The van der Waals surface area contributed by atoms with E-state index in [-0.39, 0.29) is 17.6 Å². The van der Waals surface area contributed by atoms with Crippen molar-refractivity contribution in [1.29, 1.82) is 0 Å². The molecule has 2 rings (SSSR count). The molecule has 190 valence electrons. The number of hydrogen-bond acceptors (Lipinski definition) is 6. The van der Waals surface area contributed by atoms with Crippen molar-refractivity contribution in [3.8, 4) is 0 Å². The third kappa shape index (κ3) is 7.05. The summed E-state index contributed by atoms with van der Waals surface area (Å²) >= 11 is 0. The van der Waals surface area contributed by atoms with Gasteiger partial charge in [0.05, 0.1) is 7.11 Å². The average molecular weight is 475 g/mol. The molecule has 0 aliphatic heterocycles. The lowest BCUT2D eigenvalue weighted by Gasteiger charge is -2.41. The molecule has 1 aromatic carbocycles. The molecule has 1 aliphatic rings. The number of ether oxygens (including phenoxy) is 2. The molecule has 1 amide bonds. The lowest BCUT2D eigenvalue weighted by molar-refractivity contribution is -0.144. The van der Waals surface area contributed by atoms with Crippen LogP contribution in [0.4, 0.5) is 4.79 Å². The molecule has 0 radical (unpaired) electrons. The number of benzene rings is 1. The van der Waals surface area contributed by atoms with E-state index in [0.29, 0.717) is 18.0 Å². The maximum Gasteiger partial charge on any atom is 0.410 e. The van der Waals surface area contributed by atoms with Crippen LogP contribution in [0, 0.1) is 11.3 Å². The van der Waals surface area contributed by atoms with E-state index in [0.717, 1.165) is 31.2 Å². The number of esters is 1. The second-order valence-electron chi connectivity index (χ2n) is 11.7. The minimum Gasteiger partial charge on any atom is -0.467 e. The molecule has 0 saturated heterocycles. The molecule has 1 saturated carbocycles. The molecule has 2 N–H and O–H groups in total. The van der Waals surface area contributed by atoms with Gasteiger partial charge >= 0.3 is 12.1 Å². The monoisotopic (exact) mass is 474 g/mol. The van der Waals surface area contributed by atoms with Gasteiger partial charge < -0.3 is 20.1 Å². The van der Waals surface area contributed by atoms with Gasteiger partial charge in [-0.3, -0.25) is 4.79 Å². The molecule has 1 aliphatic carbocycles. The molecular formula is C27H42N2O5. The molecule has 1 unspecified atom stereocenters. The first-order valence-corrected chi connectivity index (χ1v) is 12.1. The van der Waals surface area contributed by atoms with Gasteiger partial charge in [-0.1, -0.05) is 45.0 Å². The molecular weight excluding hydrogens is 432 g/mol. The third-order valence-corrected chi connectivity index (χ3v) is 6.64. The van der Waals surface area contributed by atoms with E-state index in [1.807, 2.05) is 25.7 Å². The first-order valence-electron chi connectivity index (χ1n) is 12.1. The minimum atomic E-state index is -1.76. The van der Waals surface area contributed by atoms with Gasteiger partial charge in [0.1, 0.15) is 5.60 Å². The molecule has 0 aromatic heterocycles. The number of rotatable bonds is 6. The number of hydrogen-bond donors (Lipinski definition) is 1. The van der Waals surface area contributed by atoms with E-state index in [2.05, 4.69) is 25.5 Å². The Balaban J connectivity index is 2.20. The Morgan fingerprint density at radius 2 is 1.47 bits per heavy atom. The summed E-state index contributed by atoms with van der Waals surface area (Å²) in [4.78, 5) is 39.6. The van der Waals surface area contributed by atoms with Crippen LogP contribution in [0.1, 0.15) is 90.1 Å². The van der Waals surface area contributed by atoms with Crippen molar-refractivity contribution >= 4 is 17.8 Å². The Morgan fingerprint density at radius 3 is 1.91 bits per heavy atom. The summed E-state index contributed by atoms with van der Waals surface area (Å²) in [6, 6.07) is 6.95. The largest absolute Gasteiger partial charge is 0.467 e. The van der Waals surface area contributed by atoms with Crippen molar-refractivity contribution in [3.05, 3.63) is 35.4 Å². The molecule has 1 aromatic rings. The summed E-state index contributed by atoms with van der Waals surface area (Å²) in [5.74, 6) is -0.672. The Kier molecular flexibility index (Phi) is 8.57. The van der Waals surface area contributed by atoms with Gasteiger partial charge in [-0.25, -0.2) is 9.59 Å². The van der Waals surface area contributed by atoms with E-state index in [1.165, 1.54) is 14.0 Å². The third-order valence-electron chi connectivity index (χ3n) is 6.64. The normalized spacial score (nSPS) is 20.7. The van der Waals surface area contributed by atoms with E-state index >= 15 is 0 Å². The summed E-state index contributed by atoms with van der Waals surface area (Å²) in [5, 5.41) is 0. The number of carbonyl (C=O) groups excluding carboxylic acids is 3. The fourth-order valence-electron chi connectivity index (χ4n) is 4.48. The van der Waals surface area contributed by atoms with Crippen LogP contribution in [0.15, 0.2) is 24.3 Å². The number of nitrogens with two attached hydrogens (primary N) is 1. The molecule has 1 fully saturated rings. The summed E-state index contributed by atoms with van der Waals surface area (Å²) in [5.41, 5.74) is 5.00. The highest BCUT2D eigenvalue weighted by Gasteiger charge is 2.39. The van der Waals surface area contributed by atoms with Crippen LogP contribution in [-0.4, -0.2) is 47.0 Å². The highest BCUT2D eigenvalue weighted by Crippen LogP contribution is 2.39. The fourth-order valence-corrected chi connectivity index (χ4v) is 4.48. The SMILES string of the molecule is COC(=O)C(C)(N)C(=O)c1ccc(CN(C(=O)OC(C)(C)C)C2CCC(C(C)(C)C)CC2)cc1. The van der Waals surface area contributed by atoms with E-state index in [9.17, 15) is 14.4 Å². The number of ketones is 1. The molecule has 0 spiro atoms. The van der Waals surface area contributed by atoms with Crippen molar-refractivity contribution in [3.63, 3.8) is 0 Å². The minimum absolute atomic E-state index is 0.0985. The topological polar surface area (TPSA) is 98.9 Å². The predicted octanol–water partition coefficient (Wildman–Crippen LogP) is 5.10. The molecule has 34 heavy (non-hydrogen) atoms. The zero-order chi connectivity index (χ0) is 25.9. The van der Waals surface area contributed by atoms with Gasteiger partial charge in [0.15, 0.2) is 11.3 Å². The van der Waals surface area contributed by atoms with E-state index in [1.54, 1.807) is 24.3 Å². The highest BCUT2D eigenvalue weighted by molar-refractivity contribution is 6.15. The summed E-state index contributed by atoms with van der Waals surface area (Å²) in [6.07, 6.45) is 3.68. The molecule has 1 atom stereocenters. The van der Waals surface area contributed by atoms with Crippen LogP contribution in [0.2, 0.25) is 0 Å². The maximum absolute atomic E-state index is 13.1. The highest BCUT2D eigenvalue weighted by atomic mass is 16.6.